The number of aryl methyl sites for hydroxylation is 2. The second-order valence-electron chi connectivity index (χ2n) is 18.7. The summed E-state index contributed by atoms with van der Waals surface area (Å²) in [6.45, 7) is 9.46. The number of fused-ring (bicyclic) bond motifs is 6. The second-order valence-corrected chi connectivity index (χ2v) is 18.7. The van der Waals surface area contributed by atoms with Crippen molar-refractivity contribution in [3.05, 3.63) is 70.0 Å². The van der Waals surface area contributed by atoms with Gasteiger partial charge in [-0.25, -0.2) is 4.79 Å². The second kappa shape index (κ2) is 20.9. The van der Waals surface area contributed by atoms with Gasteiger partial charge in [-0.05, 0) is 175 Å². The van der Waals surface area contributed by atoms with Gasteiger partial charge in [0.05, 0.1) is 18.7 Å². The van der Waals surface area contributed by atoms with E-state index in [4.69, 9.17) is 9.47 Å². The van der Waals surface area contributed by atoms with Gasteiger partial charge in [0.15, 0.2) is 0 Å². The molecule has 4 aromatic rings. The first-order valence-electron chi connectivity index (χ1n) is 23.9. The van der Waals surface area contributed by atoms with Crippen molar-refractivity contribution in [3.63, 3.8) is 0 Å². The number of likely N-dealkylation sites (N-methyl/N-ethyl adjacent to an activating group) is 2. The number of aromatic nitrogens is 2. The highest BCUT2D eigenvalue weighted by Gasteiger charge is 2.32. The molecule has 4 heterocycles. The van der Waals surface area contributed by atoms with Gasteiger partial charge in [-0.1, -0.05) is 6.92 Å². The average Bonchev–Trinajstić information content (AvgIpc) is 4.25. The van der Waals surface area contributed by atoms with Crippen LogP contribution in [0.1, 0.15) is 121 Å². The topological polar surface area (TPSA) is 178 Å². The number of rotatable bonds is 12. The maximum Gasteiger partial charge on any atom is 0.335 e. The van der Waals surface area contributed by atoms with Crippen LogP contribution in [0.3, 0.4) is 0 Å². The minimum Gasteiger partial charge on any atom is -0.478 e. The first-order valence-corrected chi connectivity index (χ1v) is 23.9. The summed E-state index contributed by atoms with van der Waals surface area (Å²) < 4.78 is 11.1. The SMILES string of the molecule is CCN(CC(=O)NC1CC1)C(=O)c1ccc2[nH]c3c(c2c1)CC(C1CCOCC1)CC3.CCNCC(=O)NC1CC1.O=C(O)c1ccc2[nH]c3c(c2c1)CC(C1CCOCC1)CC3. The van der Waals surface area contributed by atoms with Crippen LogP contribution in [0.25, 0.3) is 21.8 Å². The fraction of sp³-hybridized carbons (Fsp3) is 0.600. The molecule has 13 heteroatoms. The van der Waals surface area contributed by atoms with Crippen LogP contribution in [0.4, 0.5) is 0 Å². The quantitative estimate of drug-likeness (QED) is 0.0911. The number of hydrogen-bond acceptors (Lipinski definition) is 7. The lowest BCUT2D eigenvalue weighted by atomic mass is 9.75. The van der Waals surface area contributed by atoms with E-state index in [2.05, 4.69) is 25.9 Å². The van der Waals surface area contributed by atoms with E-state index in [-0.39, 0.29) is 24.3 Å². The third-order valence-corrected chi connectivity index (χ3v) is 14.2. The van der Waals surface area contributed by atoms with Crippen molar-refractivity contribution in [1.82, 2.24) is 30.8 Å². The van der Waals surface area contributed by atoms with Crippen LogP contribution in [-0.2, 0) is 44.7 Å². The fourth-order valence-corrected chi connectivity index (χ4v) is 10.3. The number of carbonyl (C=O) groups excluding carboxylic acids is 3. The summed E-state index contributed by atoms with van der Waals surface area (Å²) in [5.41, 5.74) is 8.61. The molecule has 2 saturated heterocycles. The molecular formula is C50H68N6O7. The zero-order valence-electron chi connectivity index (χ0n) is 37.3. The van der Waals surface area contributed by atoms with Crippen molar-refractivity contribution in [2.24, 2.45) is 23.7 Å². The predicted octanol–water partition coefficient (Wildman–Crippen LogP) is 6.71. The number of carboxylic acids is 1. The minimum absolute atomic E-state index is 0.0582. The highest BCUT2D eigenvalue weighted by atomic mass is 16.5. The van der Waals surface area contributed by atoms with Gasteiger partial charge in [-0.15, -0.1) is 0 Å². The highest BCUT2D eigenvalue weighted by molar-refractivity contribution is 6.00. The Balaban J connectivity index is 0.000000147. The zero-order valence-corrected chi connectivity index (χ0v) is 37.3. The highest BCUT2D eigenvalue weighted by Crippen LogP contribution is 2.40. The molecule has 0 bridgehead atoms. The molecule has 2 aliphatic heterocycles. The van der Waals surface area contributed by atoms with E-state index in [0.29, 0.717) is 48.1 Å². The number of H-pyrrole nitrogens is 2. The molecule has 2 atom stereocenters. The zero-order chi connectivity index (χ0) is 43.9. The van der Waals surface area contributed by atoms with Crippen LogP contribution < -0.4 is 16.0 Å². The van der Waals surface area contributed by atoms with Crippen LogP contribution in [-0.4, -0.2) is 108 Å². The first kappa shape index (κ1) is 44.9. The van der Waals surface area contributed by atoms with E-state index >= 15 is 0 Å². The van der Waals surface area contributed by atoms with Gasteiger partial charge in [0.25, 0.3) is 5.91 Å². The Kier molecular flexibility index (Phi) is 14.9. The Hall–Kier alpha value is -4.72. The van der Waals surface area contributed by atoms with Gasteiger partial charge in [-0.3, -0.25) is 14.4 Å². The third-order valence-electron chi connectivity index (χ3n) is 14.2. The maximum absolute atomic E-state index is 13.2. The molecule has 10 rings (SSSR count). The summed E-state index contributed by atoms with van der Waals surface area (Å²) in [5.74, 6) is 2.07. The molecule has 63 heavy (non-hydrogen) atoms. The molecule has 2 saturated carbocycles. The Morgan fingerprint density at radius 2 is 1.14 bits per heavy atom. The summed E-state index contributed by atoms with van der Waals surface area (Å²) >= 11 is 0. The van der Waals surface area contributed by atoms with Crippen LogP contribution in [0.5, 0.6) is 0 Å². The fourth-order valence-electron chi connectivity index (χ4n) is 10.3. The Morgan fingerprint density at radius 3 is 1.62 bits per heavy atom. The van der Waals surface area contributed by atoms with Crippen LogP contribution in [0.2, 0.25) is 0 Å². The van der Waals surface area contributed by atoms with Gasteiger partial charge in [0.2, 0.25) is 11.8 Å². The summed E-state index contributed by atoms with van der Waals surface area (Å²) in [6, 6.07) is 12.2. The van der Waals surface area contributed by atoms with Gasteiger partial charge >= 0.3 is 5.97 Å². The van der Waals surface area contributed by atoms with Crippen molar-refractivity contribution in [3.8, 4) is 0 Å². The molecule has 4 fully saturated rings. The van der Waals surface area contributed by atoms with E-state index in [1.165, 1.54) is 66.4 Å². The number of carboxylic acid groups (broad SMARTS) is 1. The number of nitrogens with one attached hydrogen (secondary N) is 5. The van der Waals surface area contributed by atoms with Crippen molar-refractivity contribution in [1.29, 1.82) is 0 Å². The molecule has 0 radical (unpaired) electrons. The normalized spacial score (nSPS) is 21.2. The van der Waals surface area contributed by atoms with Crippen molar-refractivity contribution in [2.75, 3.05) is 52.6 Å². The molecule has 2 aromatic heterocycles. The van der Waals surface area contributed by atoms with E-state index in [1.807, 2.05) is 44.2 Å². The molecule has 6 N–H and O–H groups in total. The summed E-state index contributed by atoms with van der Waals surface area (Å²) in [7, 11) is 0. The Morgan fingerprint density at radius 1 is 0.651 bits per heavy atom. The van der Waals surface area contributed by atoms with E-state index < -0.39 is 5.97 Å². The van der Waals surface area contributed by atoms with Crippen molar-refractivity contribution >= 4 is 45.5 Å². The van der Waals surface area contributed by atoms with Gasteiger partial charge in [0.1, 0.15) is 0 Å². The molecule has 13 nitrogen and oxygen atoms in total. The number of hydrogen-bond donors (Lipinski definition) is 6. The van der Waals surface area contributed by atoms with Gasteiger partial charge in [0, 0.05) is 83.8 Å². The molecule has 6 aliphatic rings. The van der Waals surface area contributed by atoms with Crippen LogP contribution in [0, 0.1) is 23.7 Å². The van der Waals surface area contributed by atoms with E-state index in [1.54, 1.807) is 11.0 Å². The number of aromatic carboxylic acids is 1. The lowest BCUT2D eigenvalue weighted by Gasteiger charge is -2.33. The smallest absolute Gasteiger partial charge is 0.335 e. The number of amides is 3. The molecule has 2 aromatic carbocycles. The number of nitrogens with zero attached hydrogens (tertiary/aromatic N) is 1. The van der Waals surface area contributed by atoms with Gasteiger partial charge < -0.3 is 45.4 Å². The minimum atomic E-state index is -0.853. The first-order chi connectivity index (χ1) is 30.7. The van der Waals surface area contributed by atoms with E-state index in [9.17, 15) is 24.3 Å². The summed E-state index contributed by atoms with van der Waals surface area (Å²) in [6.07, 6.45) is 15.9. The van der Waals surface area contributed by atoms with Crippen molar-refractivity contribution in [2.45, 2.75) is 116 Å². The Labute approximate surface area is 371 Å². The summed E-state index contributed by atoms with van der Waals surface area (Å²) in [5, 5.41) is 20.3. The van der Waals surface area contributed by atoms with Crippen molar-refractivity contribution < 1.29 is 33.8 Å². The third kappa shape index (κ3) is 11.5. The monoisotopic (exact) mass is 865 g/mol. The molecule has 0 spiro atoms. The number of benzene rings is 2. The number of carbonyl (C=O) groups is 4. The number of ether oxygens (including phenoxy) is 2. The average molecular weight is 865 g/mol. The molecular weight excluding hydrogens is 797 g/mol. The van der Waals surface area contributed by atoms with Gasteiger partial charge in [-0.2, -0.15) is 0 Å². The lowest BCUT2D eigenvalue weighted by Crippen LogP contribution is -2.41. The molecule has 2 unspecified atom stereocenters. The molecule has 3 amide bonds. The van der Waals surface area contributed by atoms with Crippen LogP contribution in [0.15, 0.2) is 36.4 Å². The summed E-state index contributed by atoms with van der Waals surface area (Å²) in [4.78, 5) is 56.2. The lowest BCUT2D eigenvalue weighted by molar-refractivity contribution is -0.122. The van der Waals surface area contributed by atoms with E-state index in [0.717, 1.165) is 113 Å². The maximum atomic E-state index is 13.2. The standard InChI is InChI=1S/C25H33N3O3.C18H21NO3.C7H14N2O/c1-2-28(15-24(29)26-19-5-6-19)25(30)18-4-8-23-21(14-18)20-13-17(3-7-22(20)27-23)16-9-11-31-12-10-16;20-18(21)13-2-4-17-15(10-13)14-9-12(1-3-16(14)19-17)11-5-7-22-8-6-11;1-2-8-5-7(10)9-6-3-4-6/h4,8,14,16-17,19,27H,2-3,5-7,9-13,15H2,1H3,(H,26,29);2,4,10-12,19H,1,3,5-9H2,(H,20,21);6,8H,2-5H2,1H3,(H,9,10). The molecule has 340 valence electrons. The predicted molar refractivity (Wildman–Crippen MR) is 244 cm³/mol. The van der Waals surface area contributed by atoms with Crippen LogP contribution >= 0.6 is 0 Å². The molecule has 4 aliphatic carbocycles. The Bertz CT molecular complexity index is 2230. The number of aromatic amines is 2. The largest absolute Gasteiger partial charge is 0.478 e.